The Bertz CT molecular complexity index is 1090. The average Bonchev–Trinajstić information content (AvgIpc) is 3.56. The highest BCUT2D eigenvalue weighted by molar-refractivity contribution is 7.99. The zero-order valence-electron chi connectivity index (χ0n) is 16.1. The van der Waals surface area contributed by atoms with E-state index in [0.717, 1.165) is 18.4 Å². The van der Waals surface area contributed by atoms with Gasteiger partial charge in [0.25, 0.3) is 5.56 Å². The number of amides is 1. The molecule has 1 N–H and O–H groups in total. The number of carbonyl (C=O) groups is 1. The fraction of sp³-hybridized carbons (Fsp3) is 0.318. The van der Waals surface area contributed by atoms with Crippen LogP contribution in [0.15, 0.2) is 58.5 Å². The molecule has 1 aromatic heterocycles. The van der Waals surface area contributed by atoms with Gasteiger partial charge >= 0.3 is 0 Å². The quantitative estimate of drug-likeness (QED) is 0.477. The molecule has 1 atom stereocenters. The zero-order valence-corrected chi connectivity index (χ0v) is 16.9. The van der Waals surface area contributed by atoms with Gasteiger partial charge in [0.1, 0.15) is 5.82 Å². The van der Waals surface area contributed by atoms with Crippen molar-refractivity contribution >= 4 is 28.6 Å². The van der Waals surface area contributed by atoms with Crippen LogP contribution in [0.1, 0.15) is 25.3 Å². The predicted molar refractivity (Wildman–Crippen MR) is 113 cm³/mol. The minimum Gasteiger partial charge on any atom is -0.353 e. The van der Waals surface area contributed by atoms with Crippen molar-refractivity contribution in [1.82, 2.24) is 14.9 Å². The van der Waals surface area contributed by atoms with Gasteiger partial charge in [0.05, 0.1) is 23.2 Å². The molecule has 1 heterocycles. The van der Waals surface area contributed by atoms with Gasteiger partial charge in [-0.2, -0.15) is 0 Å². The molecule has 5 nitrogen and oxygen atoms in total. The molecule has 2 aromatic carbocycles. The van der Waals surface area contributed by atoms with E-state index in [1.54, 1.807) is 34.9 Å². The Morgan fingerprint density at radius 2 is 1.97 bits per heavy atom. The highest BCUT2D eigenvalue weighted by Gasteiger charge is 2.28. The molecule has 0 aliphatic heterocycles. The van der Waals surface area contributed by atoms with Crippen molar-refractivity contribution in [2.75, 3.05) is 5.75 Å². The number of para-hydroxylation sites is 1. The van der Waals surface area contributed by atoms with Gasteiger partial charge in [-0.15, -0.1) is 0 Å². The summed E-state index contributed by atoms with van der Waals surface area (Å²) in [7, 11) is 0. The molecule has 1 aliphatic carbocycles. The molecule has 150 valence electrons. The Morgan fingerprint density at radius 3 is 2.69 bits per heavy atom. The maximum absolute atomic E-state index is 13.2. The molecule has 1 aliphatic rings. The Balaban J connectivity index is 1.60. The second-order valence-corrected chi connectivity index (χ2v) is 8.35. The van der Waals surface area contributed by atoms with Crippen molar-refractivity contribution in [3.8, 4) is 0 Å². The van der Waals surface area contributed by atoms with Crippen LogP contribution in [0.3, 0.4) is 0 Å². The van der Waals surface area contributed by atoms with Gasteiger partial charge < -0.3 is 5.32 Å². The summed E-state index contributed by atoms with van der Waals surface area (Å²) >= 11 is 1.25. The lowest BCUT2D eigenvalue weighted by Crippen LogP contribution is -2.35. The zero-order chi connectivity index (χ0) is 20.4. The number of benzene rings is 2. The summed E-state index contributed by atoms with van der Waals surface area (Å²) in [5.74, 6) is 0.379. The Morgan fingerprint density at radius 1 is 1.24 bits per heavy atom. The van der Waals surface area contributed by atoms with Gasteiger partial charge in [-0.1, -0.05) is 36.0 Å². The topological polar surface area (TPSA) is 64.0 Å². The van der Waals surface area contributed by atoms with E-state index >= 15 is 0 Å². The van der Waals surface area contributed by atoms with E-state index in [-0.39, 0.29) is 35.6 Å². The van der Waals surface area contributed by atoms with E-state index in [9.17, 15) is 14.0 Å². The first-order valence-electron chi connectivity index (χ1n) is 9.67. The number of carbonyl (C=O) groups excluding carboxylic acids is 1. The van der Waals surface area contributed by atoms with E-state index in [4.69, 9.17) is 0 Å². The molecule has 1 saturated carbocycles. The molecule has 3 aromatic rings. The maximum atomic E-state index is 13.2. The Labute approximate surface area is 172 Å². The van der Waals surface area contributed by atoms with Crippen LogP contribution in [-0.4, -0.2) is 27.3 Å². The highest BCUT2D eigenvalue weighted by Crippen LogP contribution is 2.32. The first kappa shape index (κ1) is 19.6. The lowest BCUT2D eigenvalue weighted by Gasteiger charge is -2.15. The van der Waals surface area contributed by atoms with Crippen LogP contribution in [0.5, 0.6) is 0 Å². The summed E-state index contributed by atoms with van der Waals surface area (Å²) in [5.41, 5.74) is 1.22. The number of aromatic nitrogens is 2. The number of hydrogen-bond acceptors (Lipinski definition) is 4. The number of fused-ring (bicyclic) bond motifs is 1. The lowest BCUT2D eigenvalue weighted by molar-refractivity contribution is -0.119. The van der Waals surface area contributed by atoms with Crippen molar-refractivity contribution in [1.29, 1.82) is 0 Å². The lowest BCUT2D eigenvalue weighted by atomic mass is 10.2. The monoisotopic (exact) mass is 411 g/mol. The summed E-state index contributed by atoms with van der Waals surface area (Å²) < 4.78 is 14.8. The minimum absolute atomic E-state index is 0.0647. The molecule has 0 saturated heterocycles. The maximum Gasteiger partial charge on any atom is 0.262 e. The molecule has 1 amide bonds. The SMILES string of the molecule is C[C@@H](NC(=O)CSc1nc2ccccc2c(=O)n1Cc1ccc(F)cc1)C1CC1. The molecule has 0 unspecified atom stereocenters. The largest absolute Gasteiger partial charge is 0.353 e. The third-order valence-corrected chi connectivity index (χ3v) is 6.11. The Hall–Kier alpha value is -2.67. The molecular formula is C22H22FN3O2S. The molecular weight excluding hydrogens is 389 g/mol. The molecule has 0 bridgehead atoms. The van der Waals surface area contributed by atoms with Crippen LogP contribution >= 0.6 is 11.8 Å². The summed E-state index contributed by atoms with van der Waals surface area (Å²) in [6.07, 6.45) is 2.33. The molecule has 7 heteroatoms. The highest BCUT2D eigenvalue weighted by atomic mass is 32.2. The number of halogens is 1. The number of nitrogens with one attached hydrogen (secondary N) is 1. The fourth-order valence-electron chi connectivity index (χ4n) is 3.31. The smallest absolute Gasteiger partial charge is 0.262 e. The summed E-state index contributed by atoms with van der Waals surface area (Å²) in [4.78, 5) is 30.0. The van der Waals surface area contributed by atoms with E-state index in [0.29, 0.717) is 22.0 Å². The average molecular weight is 412 g/mol. The van der Waals surface area contributed by atoms with Crippen LogP contribution in [0.25, 0.3) is 10.9 Å². The van der Waals surface area contributed by atoms with Gasteiger partial charge in [0.15, 0.2) is 5.16 Å². The standard InChI is InChI=1S/C22H22FN3O2S/c1-14(16-8-9-16)24-20(27)13-29-22-25-19-5-3-2-4-18(19)21(28)26(22)12-15-6-10-17(23)11-7-15/h2-7,10-11,14,16H,8-9,12-13H2,1H3,(H,24,27)/t14-/m1/s1. The van der Waals surface area contributed by atoms with Crippen molar-refractivity contribution in [2.24, 2.45) is 5.92 Å². The van der Waals surface area contributed by atoms with Crippen molar-refractivity contribution in [2.45, 2.75) is 37.5 Å². The van der Waals surface area contributed by atoms with Gasteiger partial charge in [0, 0.05) is 6.04 Å². The fourth-order valence-corrected chi connectivity index (χ4v) is 4.12. The van der Waals surface area contributed by atoms with Crippen LogP contribution in [0.2, 0.25) is 0 Å². The molecule has 29 heavy (non-hydrogen) atoms. The van der Waals surface area contributed by atoms with Gasteiger partial charge in [0.2, 0.25) is 5.91 Å². The minimum atomic E-state index is -0.325. The number of hydrogen-bond donors (Lipinski definition) is 1. The Kier molecular flexibility index (Phi) is 5.67. The number of thioether (sulfide) groups is 1. The summed E-state index contributed by atoms with van der Waals surface area (Å²) in [5, 5.41) is 4.02. The van der Waals surface area contributed by atoms with Crippen molar-refractivity contribution < 1.29 is 9.18 Å². The van der Waals surface area contributed by atoms with E-state index < -0.39 is 0 Å². The van der Waals surface area contributed by atoms with Gasteiger partial charge in [-0.25, -0.2) is 9.37 Å². The van der Waals surface area contributed by atoms with Gasteiger partial charge in [-0.05, 0) is 55.5 Å². The number of rotatable bonds is 7. The van der Waals surface area contributed by atoms with Crippen molar-refractivity contribution in [3.63, 3.8) is 0 Å². The second-order valence-electron chi connectivity index (χ2n) is 7.41. The first-order chi connectivity index (χ1) is 14.0. The summed E-state index contributed by atoms with van der Waals surface area (Å²) in [6.45, 7) is 2.29. The molecule has 4 rings (SSSR count). The normalized spacial score (nSPS) is 14.7. The second kappa shape index (κ2) is 8.37. The third-order valence-electron chi connectivity index (χ3n) is 5.13. The van der Waals surface area contributed by atoms with E-state index in [1.807, 2.05) is 13.0 Å². The van der Waals surface area contributed by atoms with Crippen LogP contribution in [0, 0.1) is 11.7 Å². The molecule has 0 spiro atoms. The van der Waals surface area contributed by atoms with Crippen LogP contribution in [0.4, 0.5) is 4.39 Å². The van der Waals surface area contributed by atoms with Gasteiger partial charge in [-0.3, -0.25) is 14.2 Å². The first-order valence-corrected chi connectivity index (χ1v) is 10.7. The molecule has 1 fully saturated rings. The van der Waals surface area contributed by atoms with Crippen LogP contribution < -0.4 is 10.9 Å². The van der Waals surface area contributed by atoms with E-state index in [2.05, 4.69) is 10.3 Å². The number of nitrogens with zero attached hydrogens (tertiary/aromatic N) is 2. The molecule has 0 radical (unpaired) electrons. The summed E-state index contributed by atoms with van der Waals surface area (Å²) in [6, 6.07) is 13.4. The predicted octanol–water partition coefficient (Wildman–Crippen LogP) is 3.59. The van der Waals surface area contributed by atoms with Crippen LogP contribution in [-0.2, 0) is 11.3 Å². The van der Waals surface area contributed by atoms with E-state index in [1.165, 1.54) is 23.9 Å². The van der Waals surface area contributed by atoms with Crippen molar-refractivity contribution in [3.05, 3.63) is 70.3 Å². The third kappa shape index (κ3) is 4.67.